The third-order valence-electron chi connectivity index (χ3n) is 4.70. The molecule has 0 N–H and O–H groups in total. The molecule has 1 fully saturated rings. The number of aldehydes is 1. The molecule has 3 aromatic carbocycles. The second-order valence-electron chi connectivity index (χ2n) is 5.89. The van der Waals surface area contributed by atoms with Gasteiger partial charge in [0, 0.05) is 5.92 Å². The fourth-order valence-electron chi connectivity index (χ4n) is 3.38. The molecule has 2 atom stereocenters. The van der Waals surface area contributed by atoms with Crippen molar-refractivity contribution in [1.82, 2.24) is 0 Å². The topological polar surface area (TPSA) is 17.1 Å². The first-order valence-corrected chi connectivity index (χ1v) is 7.34. The van der Waals surface area contributed by atoms with Crippen LogP contribution in [-0.4, -0.2) is 6.29 Å². The van der Waals surface area contributed by atoms with Crippen molar-refractivity contribution in [3.8, 4) is 0 Å². The first kappa shape index (κ1) is 12.3. The molecule has 0 aliphatic heterocycles. The second-order valence-corrected chi connectivity index (χ2v) is 5.89. The predicted octanol–water partition coefficient (Wildman–Crippen LogP) is 4.46. The maximum Gasteiger partial charge on any atom is 0.131 e. The van der Waals surface area contributed by atoms with E-state index < -0.39 is 0 Å². The summed E-state index contributed by atoms with van der Waals surface area (Å²) in [6.07, 6.45) is 2.06. The molecule has 0 amide bonds. The van der Waals surface area contributed by atoms with E-state index in [0.717, 1.165) is 18.3 Å². The molecule has 0 unspecified atom stereocenters. The molecule has 3 aromatic rings. The third kappa shape index (κ3) is 1.89. The van der Waals surface area contributed by atoms with Crippen molar-refractivity contribution in [2.45, 2.75) is 17.8 Å². The smallest absolute Gasteiger partial charge is 0.131 e. The summed E-state index contributed by atoms with van der Waals surface area (Å²) in [6, 6.07) is 25.1. The Bertz CT molecular complexity index is 806. The van der Waals surface area contributed by atoms with Crippen molar-refractivity contribution >= 4 is 17.1 Å². The summed E-state index contributed by atoms with van der Waals surface area (Å²) >= 11 is 0. The largest absolute Gasteiger partial charge is 0.302 e. The van der Waals surface area contributed by atoms with Crippen LogP contribution in [0.5, 0.6) is 0 Å². The Morgan fingerprint density at radius 3 is 2.33 bits per heavy atom. The van der Waals surface area contributed by atoms with Crippen molar-refractivity contribution in [3.63, 3.8) is 0 Å². The lowest BCUT2D eigenvalue weighted by atomic mass is 9.91. The highest BCUT2D eigenvalue weighted by Gasteiger charge is 2.56. The van der Waals surface area contributed by atoms with Gasteiger partial charge in [-0.25, -0.2) is 0 Å². The summed E-state index contributed by atoms with van der Waals surface area (Å²) < 4.78 is 0. The standard InChI is InChI=1S/C20H16O/c21-14-20(18-8-2-1-3-9-18)13-19(20)17-11-10-15-6-4-5-7-16(15)12-17/h1-12,14,19H,13H2/t19-,20-/m1/s1. The second kappa shape index (κ2) is 4.56. The van der Waals surface area contributed by atoms with E-state index in [1.807, 2.05) is 18.2 Å². The maximum absolute atomic E-state index is 11.7. The van der Waals surface area contributed by atoms with Crippen LogP contribution in [0.3, 0.4) is 0 Å². The van der Waals surface area contributed by atoms with E-state index in [1.165, 1.54) is 16.3 Å². The van der Waals surface area contributed by atoms with Crippen LogP contribution >= 0.6 is 0 Å². The summed E-state index contributed by atoms with van der Waals surface area (Å²) in [6.45, 7) is 0. The van der Waals surface area contributed by atoms with Crippen molar-refractivity contribution < 1.29 is 4.79 Å². The lowest BCUT2D eigenvalue weighted by Gasteiger charge is -2.11. The van der Waals surface area contributed by atoms with Crippen LogP contribution in [0.25, 0.3) is 10.8 Å². The van der Waals surface area contributed by atoms with Gasteiger partial charge in [0.1, 0.15) is 6.29 Å². The predicted molar refractivity (Wildman–Crippen MR) is 85.5 cm³/mol. The van der Waals surface area contributed by atoms with Crippen LogP contribution in [0.15, 0.2) is 72.8 Å². The molecular weight excluding hydrogens is 256 g/mol. The van der Waals surface area contributed by atoms with Crippen LogP contribution in [0.4, 0.5) is 0 Å². The Morgan fingerprint density at radius 2 is 1.57 bits per heavy atom. The number of rotatable bonds is 3. The maximum atomic E-state index is 11.7. The van der Waals surface area contributed by atoms with Crippen LogP contribution in [0, 0.1) is 0 Å². The fraction of sp³-hybridized carbons (Fsp3) is 0.150. The van der Waals surface area contributed by atoms with Crippen LogP contribution < -0.4 is 0 Å². The molecule has 1 aliphatic carbocycles. The zero-order valence-electron chi connectivity index (χ0n) is 11.7. The number of carbonyl (C=O) groups is 1. The van der Waals surface area contributed by atoms with Crippen molar-refractivity contribution in [2.24, 2.45) is 0 Å². The van der Waals surface area contributed by atoms with Gasteiger partial charge in [-0.15, -0.1) is 0 Å². The Labute approximate surface area is 124 Å². The van der Waals surface area contributed by atoms with Gasteiger partial charge in [0.05, 0.1) is 5.41 Å². The third-order valence-corrected chi connectivity index (χ3v) is 4.70. The molecule has 0 saturated heterocycles. The van der Waals surface area contributed by atoms with Gasteiger partial charge in [0.2, 0.25) is 0 Å². The highest BCUT2D eigenvalue weighted by Crippen LogP contribution is 2.59. The lowest BCUT2D eigenvalue weighted by Crippen LogP contribution is -2.11. The number of benzene rings is 3. The van der Waals surface area contributed by atoms with Crippen LogP contribution in [0.2, 0.25) is 0 Å². The molecule has 1 heteroatoms. The Balaban J connectivity index is 1.75. The molecule has 1 nitrogen and oxygen atoms in total. The summed E-state index contributed by atoms with van der Waals surface area (Å²) in [5.74, 6) is 0.307. The zero-order chi connectivity index (χ0) is 14.3. The SMILES string of the molecule is O=C[C@@]1(c2ccccc2)C[C@@H]1c1ccc2ccccc2c1. The van der Waals surface area contributed by atoms with Gasteiger partial charge in [-0.05, 0) is 28.3 Å². The Hall–Kier alpha value is -2.41. The highest BCUT2D eigenvalue weighted by atomic mass is 16.1. The molecule has 1 saturated carbocycles. The minimum Gasteiger partial charge on any atom is -0.302 e. The monoisotopic (exact) mass is 272 g/mol. The average Bonchev–Trinajstić information content (AvgIpc) is 3.31. The van der Waals surface area contributed by atoms with E-state index in [0.29, 0.717) is 5.92 Å². The fourth-order valence-corrected chi connectivity index (χ4v) is 3.38. The normalized spacial score (nSPS) is 23.9. The van der Waals surface area contributed by atoms with Gasteiger partial charge in [-0.2, -0.15) is 0 Å². The van der Waals surface area contributed by atoms with Gasteiger partial charge in [-0.3, -0.25) is 0 Å². The molecule has 0 radical (unpaired) electrons. The molecular formula is C20H16O. The number of fused-ring (bicyclic) bond motifs is 1. The molecule has 21 heavy (non-hydrogen) atoms. The number of hydrogen-bond donors (Lipinski definition) is 0. The van der Waals surface area contributed by atoms with Gasteiger partial charge in [0.15, 0.2) is 0 Å². The van der Waals surface area contributed by atoms with Crippen molar-refractivity contribution in [2.75, 3.05) is 0 Å². The van der Waals surface area contributed by atoms with Gasteiger partial charge in [0.25, 0.3) is 0 Å². The van der Waals surface area contributed by atoms with E-state index in [1.54, 1.807) is 0 Å². The molecule has 0 heterocycles. The molecule has 1 aliphatic rings. The van der Waals surface area contributed by atoms with E-state index in [9.17, 15) is 4.79 Å². The van der Waals surface area contributed by atoms with E-state index in [-0.39, 0.29) is 5.41 Å². The first-order chi connectivity index (χ1) is 10.3. The molecule has 0 bridgehead atoms. The first-order valence-electron chi connectivity index (χ1n) is 7.34. The Morgan fingerprint density at radius 1 is 0.857 bits per heavy atom. The van der Waals surface area contributed by atoms with E-state index in [2.05, 4.69) is 54.6 Å². The van der Waals surface area contributed by atoms with Gasteiger partial charge < -0.3 is 4.79 Å². The number of carbonyl (C=O) groups excluding carboxylic acids is 1. The Kier molecular flexibility index (Phi) is 2.68. The minimum atomic E-state index is -0.316. The van der Waals surface area contributed by atoms with Gasteiger partial charge >= 0.3 is 0 Å². The van der Waals surface area contributed by atoms with Crippen molar-refractivity contribution in [1.29, 1.82) is 0 Å². The van der Waals surface area contributed by atoms with Crippen LogP contribution in [0.1, 0.15) is 23.5 Å². The van der Waals surface area contributed by atoms with Crippen molar-refractivity contribution in [3.05, 3.63) is 83.9 Å². The lowest BCUT2D eigenvalue weighted by molar-refractivity contribution is -0.110. The average molecular weight is 272 g/mol. The quantitative estimate of drug-likeness (QED) is 0.643. The molecule has 4 rings (SSSR count). The molecule has 0 aromatic heterocycles. The summed E-state index contributed by atoms with van der Waals surface area (Å²) in [5, 5.41) is 2.49. The van der Waals surface area contributed by atoms with Crippen LogP contribution in [-0.2, 0) is 10.2 Å². The minimum absolute atomic E-state index is 0.307. The number of hydrogen-bond acceptors (Lipinski definition) is 1. The molecule has 0 spiro atoms. The van der Waals surface area contributed by atoms with E-state index >= 15 is 0 Å². The summed E-state index contributed by atoms with van der Waals surface area (Å²) in [5.41, 5.74) is 2.09. The summed E-state index contributed by atoms with van der Waals surface area (Å²) in [7, 11) is 0. The van der Waals surface area contributed by atoms with Gasteiger partial charge in [-0.1, -0.05) is 72.8 Å². The highest BCUT2D eigenvalue weighted by molar-refractivity contribution is 5.84. The zero-order valence-corrected chi connectivity index (χ0v) is 11.7. The van der Waals surface area contributed by atoms with E-state index in [4.69, 9.17) is 0 Å². The molecule has 102 valence electrons. The summed E-state index contributed by atoms with van der Waals surface area (Å²) in [4.78, 5) is 11.7.